The summed E-state index contributed by atoms with van der Waals surface area (Å²) in [6.07, 6.45) is 0. The molecule has 1 aromatic heterocycles. The average Bonchev–Trinajstić information content (AvgIpc) is 2.71. The van der Waals surface area contributed by atoms with Gasteiger partial charge in [0.25, 0.3) is 0 Å². The smallest absolute Gasteiger partial charge is 0.240 e. The van der Waals surface area contributed by atoms with Gasteiger partial charge in [-0.15, -0.1) is 0 Å². The normalized spacial score (nSPS) is 9.88. The molecule has 5 nitrogen and oxygen atoms in total. The van der Waals surface area contributed by atoms with E-state index in [1.165, 1.54) is 0 Å². The summed E-state index contributed by atoms with van der Waals surface area (Å²) in [5.74, 6) is 0.750. The number of nitriles is 1. The molecule has 0 bridgehead atoms. The van der Waals surface area contributed by atoms with Crippen LogP contribution in [0.15, 0.2) is 28.8 Å². The highest BCUT2D eigenvalue weighted by molar-refractivity contribution is 5.71. The fourth-order valence-electron chi connectivity index (χ4n) is 1.51. The Labute approximate surface area is 98.4 Å². The summed E-state index contributed by atoms with van der Waals surface area (Å²) in [6.45, 7) is 2.48. The highest BCUT2D eigenvalue weighted by atomic mass is 16.5. The number of nitrogens with two attached hydrogens (primary N) is 1. The highest BCUT2D eigenvalue weighted by Crippen LogP contribution is 2.28. The van der Waals surface area contributed by atoms with Crippen LogP contribution in [-0.4, -0.2) is 11.8 Å². The van der Waals surface area contributed by atoms with E-state index in [1.54, 1.807) is 6.07 Å². The molecular formula is C12H11N3O2. The Morgan fingerprint density at radius 3 is 3.06 bits per heavy atom. The van der Waals surface area contributed by atoms with Gasteiger partial charge in [0.2, 0.25) is 5.88 Å². The Balaban J connectivity index is 2.46. The summed E-state index contributed by atoms with van der Waals surface area (Å²) in [4.78, 5) is 0. The van der Waals surface area contributed by atoms with E-state index in [4.69, 9.17) is 20.3 Å². The molecule has 0 saturated heterocycles. The predicted octanol–water partition coefficient (Wildman–Crippen LogP) is 2.19. The molecular weight excluding hydrogens is 218 g/mol. The van der Waals surface area contributed by atoms with E-state index in [0.717, 1.165) is 11.3 Å². The molecule has 0 spiro atoms. The summed E-state index contributed by atoms with van der Waals surface area (Å²) in [7, 11) is 0. The molecule has 0 fully saturated rings. The first-order chi connectivity index (χ1) is 8.26. The summed E-state index contributed by atoms with van der Waals surface area (Å²) in [6, 6.07) is 9.25. The molecule has 0 aliphatic heterocycles. The number of benzene rings is 1. The molecule has 0 amide bonds. The lowest BCUT2D eigenvalue weighted by molar-refractivity contribution is 0.340. The van der Waals surface area contributed by atoms with Gasteiger partial charge in [-0.25, -0.2) is 0 Å². The number of aromatic nitrogens is 1. The molecule has 0 aliphatic carbocycles. The zero-order chi connectivity index (χ0) is 12.3. The minimum Gasteiger partial charge on any atom is -0.494 e. The van der Waals surface area contributed by atoms with E-state index in [2.05, 4.69) is 5.16 Å². The summed E-state index contributed by atoms with van der Waals surface area (Å²) < 4.78 is 10.2. The van der Waals surface area contributed by atoms with Crippen molar-refractivity contribution < 1.29 is 9.26 Å². The molecule has 86 valence electrons. The minimum atomic E-state index is 0.0318. The fraction of sp³-hybridized carbons (Fsp3) is 0.167. The van der Waals surface area contributed by atoms with Crippen LogP contribution in [0.25, 0.3) is 11.3 Å². The van der Waals surface area contributed by atoms with Crippen LogP contribution in [0.2, 0.25) is 0 Å². The van der Waals surface area contributed by atoms with Gasteiger partial charge in [0.1, 0.15) is 23.1 Å². The largest absolute Gasteiger partial charge is 0.494 e. The summed E-state index contributed by atoms with van der Waals surface area (Å²) >= 11 is 0. The van der Waals surface area contributed by atoms with Crippen LogP contribution in [0.4, 0.5) is 5.88 Å². The Kier molecular flexibility index (Phi) is 2.97. The second kappa shape index (κ2) is 4.58. The number of anilines is 1. The lowest BCUT2D eigenvalue weighted by Gasteiger charge is -2.03. The topological polar surface area (TPSA) is 85.1 Å². The molecule has 0 saturated carbocycles. The third-order valence-electron chi connectivity index (χ3n) is 2.25. The van der Waals surface area contributed by atoms with E-state index < -0.39 is 0 Å². The lowest BCUT2D eigenvalue weighted by atomic mass is 10.1. The Hall–Kier alpha value is -2.48. The Morgan fingerprint density at radius 1 is 1.53 bits per heavy atom. The van der Waals surface area contributed by atoms with Gasteiger partial charge >= 0.3 is 0 Å². The zero-order valence-electron chi connectivity index (χ0n) is 9.30. The highest BCUT2D eigenvalue weighted by Gasteiger charge is 2.15. The molecule has 0 radical (unpaired) electrons. The summed E-state index contributed by atoms with van der Waals surface area (Å²) in [5.41, 5.74) is 6.93. The van der Waals surface area contributed by atoms with Gasteiger partial charge in [0.15, 0.2) is 0 Å². The molecule has 17 heavy (non-hydrogen) atoms. The van der Waals surface area contributed by atoms with Gasteiger partial charge < -0.3 is 15.0 Å². The second-order valence-corrected chi connectivity index (χ2v) is 3.34. The molecule has 0 atom stereocenters. The van der Waals surface area contributed by atoms with E-state index in [0.29, 0.717) is 12.3 Å². The molecule has 2 aromatic rings. The monoisotopic (exact) mass is 229 g/mol. The van der Waals surface area contributed by atoms with Gasteiger partial charge in [-0.1, -0.05) is 17.3 Å². The number of ether oxygens (including phenoxy) is 1. The van der Waals surface area contributed by atoms with Crippen LogP contribution in [-0.2, 0) is 0 Å². The Bertz CT molecular complexity index is 569. The fourth-order valence-corrected chi connectivity index (χ4v) is 1.51. The molecule has 1 aromatic carbocycles. The van der Waals surface area contributed by atoms with Crippen molar-refractivity contribution in [3.63, 3.8) is 0 Å². The molecule has 5 heteroatoms. The van der Waals surface area contributed by atoms with Crippen molar-refractivity contribution in [3.05, 3.63) is 29.8 Å². The zero-order valence-corrected chi connectivity index (χ0v) is 9.30. The lowest BCUT2D eigenvalue weighted by Crippen LogP contribution is -1.92. The number of nitrogen functional groups attached to an aromatic ring is 1. The van der Waals surface area contributed by atoms with Crippen LogP contribution in [0.5, 0.6) is 5.75 Å². The van der Waals surface area contributed by atoms with Crippen LogP contribution >= 0.6 is 0 Å². The molecule has 1 heterocycles. The minimum absolute atomic E-state index is 0.0318. The van der Waals surface area contributed by atoms with Crippen molar-refractivity contribution in [2.75, 3.05) is 12.3 Å². The third-order valence-corrected chi connectivity index (χ3v) is 2.25. The van der Waals surface area contributed by atoms with Crippen LogP contribution < -0.4 is 10.5 Å². The van der Waals surface area contributed by atoms with Gasteiger partial charge in [-0.3, -0.25) is 0 Å². The van der Waals surface area contributed by atoms with E-state index in [-0.39, 0.29) is 11.4 Å². The number of nitrogens with zero attached hydrogens (tertiary/aromatic N) is 2. The summed E-state index contributed by atoms with van der Waals surface area (Å²) in [5, 5.41) is 12.7. The van der Waals surface area contributed by atoms with Gasteiger partial charge in [0.05, 0.1) is 6.61 Å². The average molecular weight is 229 g/mol. The quantitative estimate of drug-likeness (QED) is 0.871. The van der Waals surface area contributed by atoms with Crippen LogP contribution in [0, 0.1) is 11.3 Å². The number of hydrogen-bond acceptors (Lipinski definition) is 5. The van der Waals surface area contributed by atoms with Gasteiger partial charge in [-0.05, 0) is 19.1 Å². The first kappa shape index (κ1) is 11.0. The van der Waals surface area contributed by atoms with E-state index >= 15 is 0 Å². The molecule has 2 rings (SSSR count). The first-order valence-corrected chi connectivity index (χ1v) is 5.14. The maximum absolute atomic E-state index is 8.96. The van der Waals surface area contributed by atoms with Crippen molar-refractivity contribution >= 4 is 5.88 Å². The van der Waals surface area contributed by atoms with Gasteiger partial charge in [0, 0.05) is 5.56 Å². The van der Waals surface area contributed by atoms with Crippen molar-refractivity contribution in [1.29, 1.82) is 5.26 Å². The van der Waals surface area contributed by atoms with Crippen molar-refractivity contribution in [2.45, 2.75) is 6.92 Å². The van der Waals surface area contributed by atoms with Gasteiger partial charge in [-0.2, -0.15) is 5.26 Å². The van der Waals surface area contributed by atoms with Crippen LogP contribution in [0.3, 0.4) is 0 Å². The third kappa shape index (κ3) is 2.06. The molecule has 0 aliphatic rings. The maximum Gasteiger partial charge on any atom is 0.240 e. The van der Waals surface area contributed by atoms with Crippen molar-refractivity contribution in [3.8, 4) is 23.1 Å². The molecule has 2 N–H and O–H groups in total. The van der Waals surface area contributed by atoms with E-state index in [1.807, 2.05) is 31.2 Å². The van der Waals surface area contributed by atoms with E-state index in [9.17, 15) is 0 Å². The second-order valence-electron chi connectivity index (χ2n) is 3.34. The number of hydrogen-bond donors (Lipinski definition) is 1. The van der Waals surface area contributed by atoms with Crippen molar-refractivity contribution in [2.24, 2.45) is 0 Å². The standard InChI is InChI=1S/C12H11N3O2/c1-2-16-9-5-3-4-8(6-9)11-10(7-13)12(14)17-15-11/h3-6H,2,14H2,1H3. The SMILES string of the molecule is CCOc1cccc(-c2noc(N)c2C#N)c1. The molecule has 0 unspecified atom stereocenters. The first-order valence-electron chi connectivity index (χ1n) is 5.14. The Morgan fingerprint density at radius 2 is 2.35 bits per heavy atom. The maximum atomic E-state index is 8.96. The number of rotatable bonds is 3. The van der Waals surface area contributed by atoms with Crippen molar-refractivity contribution in [1.82, 2.24) is 5.16 Å². The predicted molar refractivity (Wildman–Crippen MR) is 62.2 cm³/mol. The van der Waals surface area contributed by atoms with Crippen LogP contribution in [0.1, 0.15) is 12.5 Å².